The first-order valence-electron chi connectivity index (χ1n) is 8.19. The number of hydrogen-bond acceptors (Lipinski definition) is 3. The van der Waals surface area contributed by atoms with Crippen LogP contribution < -0.4 is 20.1 Å². The van der Waals surface area contributed by atoms with Crippen molar-refractivity contribution >= 4 is 11.6 Å². The zero-order valence-electron chi connectivity index (χ0n) is 14.8. The highest BCUT2D eigenvalue weighted by Gasteiger charge is 2.07. The molecular weight excluding hydrogens is 321 g/mol. The zero-order valence-corrected chi connectivity index (χ0v) is 14.8. The van der Waals surface area contributed by atoms with Gasteiger partial charge in [0.05, 0.1) is 13.7 Å². The topological polar surface area (TPSA) is 54.9 Å². The van der Waals surface area contributed by atoms with E-state index in [0.29, 0.717) is 37.0 Å². The highest BCUT2D eigenvalue weighted by atomic mass is 19.1. The molecule has 134 valence electrons. The second-order valence-corrected chi connectivity index (χ2v) is 5.30. The Kier molecular flexibility index (Phi) is 7.07. The third-order valence-corrected chi connectivity index (χ3v) is 3.54. The van der Waals surface area contributed by atoms with Gasteiger partial charge in [0, 0.05) is 25.3 Å². The van der Waals surface area contributed by atoms with Gasteiger partial charge in [0.2, 0.25) is 0 Å². The van der Waals surface area contributed by atoms with Crippen molar-refractivity contribution in [3.8, 4) is 11.5 Å². The molecule has 0 saturated heterocycles. The fourth-order valence-electron chi connectivity index (χ4n) is 2.36. The van der Waals surface area contributed by atoms with E-state index >= 15 is 0 Å². The number of guanidine groups is 1. The van der Waals surface area contributed by atoms with Crippen LogP contribution in [-0.2, 0) is 6.42 Å². The molecule has 2 rings (SSSR count). The van der Waals surface area contributed by atoms with Crippen LogP contribution in [0, 0.1) is 5.82 Å². The van der Waals surface area contributed by atoms with Crippen LogP contribution in [0.2, 0.25) is 0 Å². The number of rotatable bonds is 7. The summed E-state index contributed by atoms with van der Waals surface area (Å²) in [6.07, 6.45) is 0.700. The molecule has 0 bridgehead atoms. The number of benzene rings is 2. The van der Waals surface area contributed by atoms with Crippen LogP contribution >= 0.6 is 0 Å². The quantitative estimate of drug-likeness (QED) is 0.596. The number of nitrogens with one attached hydrogen (secondary N) is 2. The predicted molar refractivity (Wildman–Crippen MR) is 99.3 cm³/mol. The molecule has 0 aliphatic rings. The summed E-state index contributed by atoms with van der Waals surface area (Å²) in [5.74, 6) is 1.76. The average Bonchev–Trinajstić information content (AvgIpc) is 2.61. The van der Waals surface area contributed by atoms with Crippen molar-refractivity contribution < 1.29 is 13.9 Å². The molecule has 0 heterocycles. The van der Waals surface area contributed by atoms with Crippen LogP contribution in [0.15, 0.2) is 47.5 Å². The van der Waals surface area contributed by atoms with Crippen LogP contribution in [0.3, 0.4) is 0 Å². The van der Waals surface area contributed by atoms with Gasteiger partial charge in [-0.2, -0.15) is 0 Å². The van der Waals surface area contributed by atoms with Gasteiger partial charge in [0.15, 0.2) is 17.5 Å². The number of hydrogen-bond donors (Lipinski definition) is 2. The lowest BCUT2D eigenvalue weighted by atomic mass is 10.1. The van der Waals surface area contributed by atoms with Crippen molar-refractivity contribution in [2.45, 2.75) is 13.3 Å². The van der Waals surface area contributed by atoms with Gasteiger partial charge >= 0.3 is 0 Å². The van der Waals surface area contributed by atoms with E-state index in [2.05, 4.69) is 15.6 Å². The molecule has 6 heteroatoms. The number of anilines is 1. The van der Waals surface area contributed by atoms with Gasteiger partial charge in [0.1, 0.15) is 5.82 Å². The summed E-state index contributed by atoms with van der Waals surface area (Å²) in [5.41, 5.74) is 1.77. The average molecular weight is 345 g/mol. The van der Waals surface area contributed by atoms with E-state index in [4.69, 9.17) is 9.47 Å². The molecule has 2 N–H and O–H groups in total. The lowest BCUT2D eigenvalue weighted by molar-refractivity contribution is 0.311. The maximum Gasteiger partial charge on any atom is 0.195 e. The summed E-state index contributed by atoms with van der Waals surface area (Å²) in [7, 11) is 3.31. The van der Waals surface area contributed by atoms with Crippen LogP contribution in [0.25, 0.3) is 0 Å². The lowest BCUT2D eigenvalue weighted by Crippen LogP contribution is -2.32. The number of aliphatic imine (C=N–C) groups is 1. The van der Waals surface area contributed by atoms with Crippen molar-refractivity contribution in [3.05, 3.63) is 53.8 Å². The van der Waals surface area contributed by atoms with Gasteiger partial charge in [-0.25, -0.2) is 4.39 Å². The summed E-state index contributed by atoms with van der Waals surface area (Å²) >= 11 is 0. The summed E-state index contributed by atoms with van der Waals surface area (Å²) in [6.45, 7) is 3.12. The molecule has 5 nitrogen and oxygen atoms in total. The van der Waals surface area contributed by atoms with Crippen LogP contribution in [0.4, 0.5) is 10.1 Å². The Balaban J connectivity index is 1.94. The molecule has 0 fully saturated rings. The van der Waals surface area contributed by atoms with Crippen LogP contribution in [-0.4, -0.2) is 33.3 Å². The molecule has 2 aromatic rings. The second kappa shape index (κ2) is 9.52. The van der Waals surface area contributed by atoms with Gasteiger partial charge in [0.25, 0.3) is 0 Å². The monoisotopic (exact) mass is 345 g/mol. The highest BCUT2D eigenvalue weighted by molar-refractivity contribution is 5.93. The normalized spacial score (nSPS) is 11.1. The maximum atomic E-state index is 13.2. The van der Waals surface area contributed by atoms with Crippen molar-refractivity contribution in [3.63, 3.8) is 0 Å². The van der Waals surface area contributed by atoms with Gasteiger partial charge < -0.3 is 20.1 Å². The lowest BCUT2D eigenvalue weighted by Gasteiger charge is -2.14. The van der Waals surface area contributed by atoms with Gasteiger partial charge in [-0.3, -0.25) is 4.99 Å². The molecule has 0 unspecified atom stereocenters. The van der Waals surface area contributed by atoms with Crippen molar-refractivity contribution in [2.24, 2.45) is 4.99 Å². The van der Waals surface area contributed by atoms with E-state index in [9.17, 15) is 4.39 Å². The smallest absolute Gasteiger partial charge is 0.195 e. The fourth-order valence-corrected chi connectivity index (χ4v) is 2.36. The number of halogens is 1. The van der Waals surface area contributed by atoms with E-state index < -0.39 is 0 Å². The molecule has 0 aliphatic carbocycles. The Hall–Kier alpha value is -2.76. The predicted octanol–water partition coefficient (Wildman–Crippen LogP) is 3.46. The maximum absolute atomic E-state index is 13.2. The minimum absolute atomic E-state index is 0.221. The molecular formula is C19H24FN3O2. The van der Waals surface area contributed by atoms with E-state index in [1.165, 1.54) is 12.1 Å². The second-order valence-electron chi connectivity index (χ2n) is 5.30. The molecule has 0 saturated carbocycles. The van der Waals surface area contributed by atoms with Gasteiger partial charge in [-0.1, -0.05) is 12.1 Å². The van der Waals surface area contributed by atoms with E-state index in [0.717, 1.165) is 11.3 Å². The molecule has 2 aromatic carbocycles. The first-order valence-corrected chi connectivity index (χ1v) is 8.19. The molecule has 0 amide bonds. The molecule has 0 aliphatic heterocycles. The van der Waals surface area contributed by atoms with E-state index in [-0.39, 0.29) is 5.82 Å². The third kappa shape index (κ3) is 5.67. The van der Waals surface area contributed by atoms with Crippen molar-refractivity contribution in [2.75, 3.05) is 32.6 Å². The van der Waals surface area contributed by atoms with Crippen LogP contribution in [0.5, 0.6) is 11.5 Å². The highest BCUT2D eigenvalue weighted by Crippen LogP contribution is 2.30. The van der Waals surface area contributed by atoms with Gasteiger partial charge in [-0.05, 0) is 43.2 Å². The number of nitrogens with zero attached hydrogens (tertiary/aromatic N) is 1. The Morgan fingerprint density at radius 3 is 2.68 bits per heavy atom. The molecule has 0 spiro atoms. The van der Waals surface area contributed by atoms with Crippen molar-refractivity contribution in [1.82, 2.24) is 5.32 Å². The Bertz CT molecular complexity index is 720. The Labute approximate surface area is 147 Å². The van der Waals surface area contributed by atoms with Crippen molar-refractivity contribution in [1.29, 1.82) is 0 Å². The minimum atomic E-state index is -0.221. The Morgan fingerprint density at radius 1 is 1.16 bits per heavy atom. The number of ether oxygens (including phenoxy) is 2. The van der Waals surface area contributed by atoms with E-state index in [1.807, 2.05) is 31.2 Å². The summed E-state index contributed by atoms with van der Waals surface area (Å²) in [5, 5.41) is 6.42. The fraction of sp³-hybridized carbons (Fsp3) is 0.316. The molecule has 0 atom stereocenters. The molecule has 0 radical (unpaired) electrons. The largest absolute Gasteiger partial charge is 0.493 e. The standard InChI is InChI=1S/C19H24FN3O2/c1-4-25-18-13-16(8-9-17(18)24-3)23-19(21-2)22-11-10-14-6-5-7-15(20)12-14/h5-9,12-13H,4,10-11H2,1-3H3,(H2,21,22,23). The first kappa shape index (κ1) is 18.6. The SMILES string of the molecule is CCOc1cc(NC(=NC)NCCc2cccc(F)c2)ccc1OC. The minimum Gasteiger partial charge on any atom is -0.493 e. The van der Waals surface area contributed by atoms with E-state index in [1.54, 1.807) is 20.2 Å². The summed E-state index contributed by atoms with van der Waals surface area (Å²) < 4.78 is 24.0. The Morgan fingerprint density at radius 2 is 2.00 bits per heavy atom. The van der Waals surface area contributed by atoms with Gasteiger partial charge in [-0.15, -0.1) is 0 Å². The summed E-state index contributed by atoms with van der Waals surface area (Å²) in [4.78, 5) is 4.20. The third-order valence-electron chi connectivity index (χ3n) is 3.54. The molecule has 25 heavy (non-hydrogen) atoms. The summed E-state index contributed by atoms with van der Waals surface area (Å²) in [6, 6.07) is 12.2. The van der Waals surface area contributed by atoms with Crippen LogP contribution in [0.1, 0.15) is 12.5 Å². The number of methoxy groups -OCH3 is 1. The zero-order chi connectivity index (χ0) is 18.1. The first-order chi connectivity index (χ1) is 12.2. The molecule has 0 aromatic heterocycles.